The van der Waals surface area contributed by atoms with E-state index in [9.17, 15) is 0 Å². The highest BCUT2D eigenvalue weighted by molar-refractivity contribution is 7.09. The third kappa shape index (κ3) is 1.97. The van der Waals surface area contributed by atoms with Gasteiger partial charge in [0.15, 0.2) is 0 Å². The molecular formula is C19H18N2S. The third-order valence-electron chi connectivity index (χ3n) is 4.43. The van der Waals surface area contributed by atoms with Gasteiger partial charge in [-0.3, -0.25) is 0 Å². The molecule has 2 heterocycles. The van der Waals surface area contributed by atoms with Gasteiger partial charge in [0, 0.05) is 16.8 Å². The maximum atomic E-state index is 4.77. The molecule has 1 aliphatic heterocycles. The van der Waals surface area contributed by atoms with Crippen LogP contribution in [0.1, 0.15) is 29.2 Å². The minimum absolute atomic E-state index is 0.0539. The Balaban J connectivity index is 1.81. The first-order chi connectivity index (χ1) is 10.7. The summed E-state index contributed by atoms with van der Waals surface area (Å²) in [5, 5.41) is 3.34. The number of aromatic nitrogens is 1. The van der Waals surface area contributed by atoms with E-state index in [2.05, 4.69) is 84.8 Å². The molecule has 1 aliphatic rings. The predicted molar refractivity (Wildman–Crippen MR) is 92.3 cm³/mol. The van der Waals surface area contributed by atoms with Crippen LogP contribution in [0.15, 0.2) is 66.0 Å². The molecule has 1 saturated heterocycles. The van der Waals surface area contributed by atoms with Crippen molar-refractivity contribution in [1.82, 2.24) is 4.98 Å². The monoisotopic (exact) mass is 306 g/mol. The van der Waals surface area contributed by atoms with E-state index in [0.717, 1.165) is 5.69 Å². The topological polar surface area (TPSA) is 15.9 Å². The van der Waals surface area contributed by atoms with Crippen molar-refractivity contribution in [2.45, 2.75) is 25.4 Å². The highest BCUT2D eigenvalue weighted by atomic mass is 32.1. The van der Waals surface area contributed by atoms with Crippen LogP contribution in [-0.4, -0.2) is 4.98 Å². The Morgan fingerprint density at radius 2 is 1.64 bits per heavy atom. The quantitative estimate of drug-likeness (QED) is 0.638. The molecule has 4 rings (SSSR count). The Labute approximate surface area is 135 Å². The first-order valence-electron chi connectivity index (χ1n) is 7.53. The SMILES string of the molecule is Cc1csc([C@]2(C)[C@@H](c3ccccc3)N2c2ccccc2)n1. The van der Waals surface area contributed by atoms with Crippen LogP contribution in [0.5, 0.6) is 0 Å². The molecule has 1 aromatic heterocycles. The summed E-state index contributed by atoms with van der Waals surface area (Å²) >= 11 is 1.76. The predicted octanol–water partition coefficient (Wildman–Crippen LogP) is 4.93. The highest BCUT2D eigenvalue weighted by Crippen LogP contribution is 2.62. The number of aryl methyl sites for hydroxylation is 1. The summed E-state index contributed by atoms with van der Waals surface area (Å²) in [7, 11) is 0. The number of benzene rings is 2. The lowest BCUT2D eigenvalue weighted by molar-refractivity contribution is 0.735. The Morgan fingerprint density at radius 1 is 1.00 bits per heavy atom. The molecule has 1 fully saturated rings. The number of thiazole rings is 1. The molecule has 3 heteroatoms. The first-order valence-corrected chi connectivity index (χ1v) is 8.41. The maximum Gasteiger partial charge on any atom is 0.121 e. The van der Waals surface area contributed by atoms with Gasteiger partial charge in [0.05, 0.1) is 6.04 Å². The van der Waals surface area contributed by atoms with Crippen molar-refractivity contribution in [3.63, 3.8) is 0 Å². The molecule has 110 valence electrons. The second kappa shape index (κ2) is 4.96. The molecule has 0 spiro atoms. The molecule has 2 aromatic carbocycles. The lowest BCUT2D eigenvalue weighted by atomic mass is 10.0. The summed E-state index contributed by atoms with van der Waals surface area (Å²) in [6.45, 7) is 4.37. The summed E-state index contributed by atoms with van der Waals surface area (Å²) in [6.07, 6.45) is 0. The third-order valence-corrected chi connectivity index (χ3v) is 5.61. The van der Waals surface area contributed by atoms with Gasteiger partial charge in [0.2, 0.25) is 0 Å². The number of hydrogen-bond acceptors (Lipinski definition) is 3. The van der Waals surface area contributed by atoms with Gasteiger partial charge in [0.25, 0.3) is 0 Å². The lowest BCUT2D eigenvalue weighted by Gasteiger charge is -2.10. The van der Waals surface area contributed by atoms with Crippen LogP contribution in [0.4, 0.5) is 5.69 Å². The molecule has 0 amide bonds. The van der Waals surface area contributed by atoms with Gasteiger partial charge in [-0.1, -0.05) is 48.5 Å². The van der Waals surface area contributed by atoms with Crippen molar-refractivity contribution in [3.8, 4) is 0 Å². The van der Waals surface area contributed by atoms with Crippen LogP contribution >= 0.6 is 11.3 Å². The second-order valence-electron chi connectivity index (χ2n) is 5.96. The first kappa shape index (κ1) is 13.5. The van der Waals surface area contributed by atoms with E-state index in [-0.39, 0.29) is 5.54 Å². The lowest BCUT2D eigenvalue weighted by Crippen LogP contribution is -2.11. The van der Waals surface area contributed by atoms with Gasteiger partial charge in [-0.25, -0.2) is 4.98 Å². The maximum absolute atomic E-state index is 4.77. The molecule has 0 bridgehead atoms. The summed E-state index contributed by atoms with van der Waals surface area (Å²) in [5.74, 6) is 0. The van der Waals surface area contributed by atoms with Crippen LogP contribution in [-0.2, 0) is 5.54 Å². The summed E-state index contributed by atoms with van der Waals surface area (Å²) in [5.41, 5.74) is 3.66. The molecule has 0 aliphatic carbocycles. The van der Waals surface area contributed by atoms with Gasteiger partial charge < -0.3 is 4.90 Å². The fourth-order valence-corrected chi connectivity index (χ4v) is 4.29. The molecule has 0 N–H and O–H groups in total. The van der Waals surface area contributed by atoms with Crippen LogP contribution < -0.4 is 4.90 Å². The van der Waals surface area contributed by atoms with E-state index in [0.29, 0.717) is 6.04 Å². The fraction of sp³-hybridized carbons (Fsp3) is 0.211. The minimum Gasteiger partial charge on any atom is -0.347 e. The molecule has 2 atom stereocenters. The van der Waals surface area contributed by atoms with Gasteiger partial charge in [-0.15, -0.1) is 11.3 Å². The van der Waals surface area contributed by atoms with E-state index >= 15 is 0 Å². The highest BCUT2D eigenvalue weighted by Gasteiger charge is 2.62. The Bertz CT molecular complexity index is 734. The van der Waals surface area contributed by atoms with Crippen molar-refractivity contribution in [2.24, 2.45) is 0 Å². The van der Waals surface area contributed by atoms with Gasteiger partial charge in [-0.2, -0.15) is 0 Å². The number of rotatable bonds is 3. The van der Waals surface area contributed by atoms with Crippen molar-refractivity contribution in [2.75, 3.05) is 4.90 Å². The van der Waals surface area contributed by atoms with Gasteiger partial charge >= 0.3 is 0 Å². The molecule has 0 radical (unpaired) electrons. The fourth-order valence-electron chi connectivity index (χ4n) is 3.31. The molecular weight excluding hydrogens is 288 g/mol. The average molecular weight is 306 g/mol. The number of anilines is 1. The van der Waals surface area contributed by atoms with E-state index in [1.165, 1.54) is 16.3 Å². The summed E-state index contributed by atoms with van der Waals surface area (Å²) in [4.78, 5) is 7.25. The van der Waals surface area contributed by atoms with Crippen LogP contribution in [0.3, 0.4) is 0 Å². The standard InChI is InChI=1S/C19H18N2S/c1-14-13-22-18(20-14)19(2)17(15-9-5-3-6-10-15)21(19)16-11-7-4-8-12-16/h3-13,17H,1-2H3/t17-,19+,21?/m1/s1. The van der Waals surface area contributed by atoms with Crippen LogP contribution in [0.2, 0.25) is 0 Å². The van der Waals surface area contributed by atoms with Gasteiger partial charge in [0.1, 0.15) is 10.5 Å². The van der Waals surface area contributed by atoms with E-state index in [1.807, 2.05) is 0 Å². The minimum atomic E-state index is -0.0539. The van der Waals surface area contributed by atoms with Crippen LogP contribution in [0.25, 0.3) is 0 Å². The summed E-state index contributed by atoms with van der Waals surface area (Å²) < 4.78 is 0. The molecule has 0 unspecified atom stereocenters. The largest absolute Gasteiger partial charge is 0.347 e. The van der Waals surface area contributed by atoms with Crippen LogP contribution in [0, 0.1) is 6.92 Å². The van der Waals surface area contributed by atoms with Gasteiger partial charge in [-0.05, 0) is 31.5 Å². The Morgan fingerprint density at radius 3 is 2.23 bits per heavy atom. The molecule has 22 heavy (non-hydrogen) atoms. The summed E-state index contributed by atoms with van der Waals surface area (Å²) in [6, 6.07) is 21.7. The van der Waals surface area contributed by atoms with Crippen molar-refractivity contribution in [1.29, 1.82) is 0 Å². The van der Waals surface area contributed by atoms with Crippen molar-refractivity contribution in [3.05, 3.63) is 82.3 Å². The molecule has 3 aromatic rings. The normalized spacial score (nSPS) is 23.5. The second-order valence-corrected chi connectivity index (χ2v) is 6.82. The number of para-hydroxylation sites is 1. The van der Waals surface area contributed by atoms with E-state index in [4.69, 9.17) is 4.98 Å². The molecule has 0 saturated carbocycles. The smallest absolute Gasteiger partial charge is 0.121 e. The zero-order chi connectivity index (χ0) is 15.2. The molecule has 2 nitrogen and oxygen atoms in total. The van der Waals surface area contributed by atoms with E-state index < -0.39 is 0 Å². The average Bonchev–Trinajstić information content (AvgIpc) is 2.95. The Hall–Kier alpha value is -2.13. The zero-order valence-corrected chi connectivity index (χ0v) is 13.5. The number of hydrogen-bond donors (Lipinski definition) is 0. The Kier molecular flexibility index (Phi) is 3.05. The van der Waals surface area contributed by atoms with Crippen molar-refractivity contribution < 1.29 is 0 Å². The van der Waals surface area contributed by atoms with Crippen molar-refractivity contribution >= 4 is 17.0 Å². The zero-order valence-electron chi connectivity index (χ0n) is 12.7. The number of nitrogens with zero attached hydrogens (tertiary/aromatic N) is 2. The van der Waals surface area contributed by atoms with E-state index in [1.54, 1.807) is 11.3 Å².